The lowest BCUT2D eigenvalue weighted by Crippen LogP contribution is -1.95. The number of aromatic carboxylic acids is 1. The van der Waals surface area contributed by atoms with E-state index in [1.807, 2.05) is 0 Å². The van der Waals surface area contributed by atoms with Crippen LogP contribution in [0.5, 0.6) is 0 Å². The average Bonchev–Trinajstić information content (AvgIpc) is 2.42. The predicted octanol–water partition coefficient (Wildman–Crippen LogP) is 3.39. The highest BCUT2D eigenvalue weighted by Gasteiger charge is 2.13. The van der Waals surface area contributed by atoms with Crippen molar-refractivity contribution < 1.29 is 14.3 Å². The summed E-state index contributed by atoms with van der Waals surface area (Å²) < 4.78 is 13.3. The largest absolute Gasteiger partial charge is 0.478 e. The molecule has 0 aliphatic heterocycles. The Morgan fingerprint density at radius 2 is 2.14 bits per heavy atom. The molecule has 0 fully saturated rings. The third-order valence-electron chi connectivity index (χ3n) is 1.78. The lowest BCUT2D eigenvalue weighted by Gasteiger charge is -1.97. The topological polar surface area (TPSA) is 37.3 Å². The minimum atomic E-state index is -1.10. The van der Waals surface area contributed by atoms with Gasteiger partial charge in [0.1, 0.15) is 0 Å². The van der Waals surface area contributed by atoms with Crippen LogP contribution in [-0.4, -0.2) is 11.1 Å². The number of hydrogen-bond acceptors (Lipinski definition) is 2. The summed E-state index contributed by atoms with van der Waals surface area (Å²) in [6.07, 6.45) is 0. The minimum Gasteiger partial charge on any atom is -0.478 e. The Bertz CT molecular complexity index is 521. The van der Waals surface area contributed by atoms with Crippen LogP contribution in [0.4, 0.5) is 4.39 Å². The monoisotopic (exact) mass is 230 g/mol. The molecule has 5 heteroatoms. The fourth-order valence-electron chi connectivity index (χ4n) is 1.24. The highest BCUT2D eigenvalue weighted by molar-refractivity contribution is 7.18. The first-order chi connectivity index (χ1) is 6.58. The molecule has 0 atom stereocenters. The summed E-state index contributed by atoms with van der Waals surface area (Å²) in [5.41, 5.74) is 0.0430. The molecule has 1 heterocycles. The van der Waals surface area contributed by atoms with Gasteiger partial charge in [0.2, 0.25) is 0 Å². The van der Waals surface area contributed by atoms with Crippen LogP contribution in [0.15, 0.2) is 18.2 Å². The maximum absolute atomic E-state index is 12.9. The van der Waals surface area contributed by atoms with Gasteiger partial charge in [0.25, 0.3) is 0 Å². The van der Waals surface area contributed by atoms with Crippen LogP contribution in [0.2, 0.25) is 5.02 Å². The van der Waals surface area contributed by atoms with Gasteiger partial charge in [-0.3, -0.25) is 0 Å². The molecule has 0 saturated heterocycles. The molecule has 0 unspecified atom stereocenters. The van der Waals surface area contributed by atoms with Crippen LogP contribution in [0.1, 0.15) is 10.4 Å². The van der Waals surface area contributed by atoms with Crippen LogP contribution in [-0.2, 0) is 0 Å². The van der Waals surface area contributed by atoms with Crippen molar-refractivity contribution in [1.82, 2.24) is 0 Å². The Kier molecular flexibility index (Phi) is 2.17. The third kappa shape index (κ3) is 1.47. The molecule has 0 radical (unpaired) electrons. The van der Waals surface area contributed by atoms with Crippen molar-refractivity contribution in [3.8, 4) is 0 Å². The van der Waals surface area contributed by atoms with E-state index in [0.29, 0.717) is 15.1 Å². The quantitative estimate of drug-likeness (QED) is 0.815. The predicted molar refractivity (Wildman–Crippen MR) is 53.8 cm³/mol. The van der Waals surface area contributed by atoms with Crippen molar-refractivity contribution in [3.05, 3.63) is 33.9 Å². The maximum Gasteiger partial charge on any atom is 0.337 e. The van der Waals surface area contributed by atoms with Gasteiger partial charge in [-0.05, 0) is 23.6 Å². The molecule has 72 valence electrons. The Labute approximate surface area is 87.5 Å². The summed E-state index contributed by atoms with van der Waals surface area (Å²) in [5, 5.41) is 9.25. The number of carbonyl (C=O) groups is 1. The third-order valence-corrected chi connectivity index (χ3v) is 2.97. The van der Waals surface area contributed by atoms with Crippen LogP contribution in [0.25, 0.3) is 10.1 Å². The molecule has 14 heavy (non-hydrogen) atoms. The Morgan fingerprint density at radius 1 is 1.43 bits per heavy atom. The zero-order valence-electron chi connectivity index (χ0n) is 6.75. The molecule has 1 N–H and O–H groups in total. The van der Waals surface area contributed by atoms with E-state index in [4.69, 9.17) is 16.7 Å². The van der Waals surface area contributed by atoms with E-state index < -0.39 is 11.1 Å². The van der Waals surface area contributed by atoms with Gasteiger partial charge in [-0.15, -0.1) is 11.3 Å². The summed E-state index contributed by atoms with van der Waals surface area (Å²) in [6, 6.07) is 4.14. The first-order valence-corrected chi connectivity index (χ1v) is 4.89. The smallest absolute Gasteiger partial charge is 0.337 e. The normalized spacial score (nSPS) is 10.7. The number of halogens is 2. The van der Waals surface area contributed by atoms with Crippen molar-refractivity contribution in [1.29, 1.82) is 0 Å². The maximum atomic E-state index is 12.9. The first-order valence-electron chi connectivity index (χ1n) is 3.70. The van der Waals surface area contributed by atoms with Crippen LogP contribution in [0, 0.1) is 5.13 Å². The summed E-state index contributed by atoms with van der Waals surface area (Å²) in [4.78, 5) is 10.8. The molecule has 0 bridgehead atoms. The second-order valence-corrected chi connectivity index (χ2v) is 4.17. The summed E-state index contributed by atoms with van der Waals surface area (Å²) in [7, 11) is 0. The SMILES string of the molecule is O=C(O)c1cc(Cl)cc2cc(F)sc12. The molecule has 2 aromatic rings. The van der Waals surface area contributed by atoms with Crippen LogP contribution >= 0.6 is 22.9 Å². The number of thiophene rings is 1. The number of benzene rings is 1. The average molecular weight is 231 g/mol. The van der Waals surface area contributed by atoms with E-state index in [1.165, 1.54) is 12.1 Å². The van der Waals surface area contributed by atoms with Crippen LogP contribution in [0.3, 0.4) is 0 Å². The Hall–Kier alpha value is -1.13. The summed E-state index contributed by atoms with van der Waals surface area (Å²) in [5.74, 6) is -1.10. The molecule has 2 rings (SSSR count). The molecule has 0 spiro atoms. The molecule has 0 aliphatic carbocycles. The zero-order chi connectivity index (χ0) is 10.3. The second-order valence-electron chi connectivity index (χ2n) is 2.73. The van der Waals surface area contributed by atoms with Gasteiger partial charge < -0.3 is 5.11 Å². The molecular weight excluding hydrogens is 227 g/mol. The number of carboxylic acids is 1. The molecule has 0 aliphatic rings. The van der Waals surface area contributed by atoms with Crippen molar-refractivity contribution in [2.45, 2.75) is 0 Å². The van der Waals surface area contributed by atoms with Crippen LogP contribution < -0.4 is 0 Å². The number of hydrogen-bond donors (Lipinski definition) is 1. The first kappa shape index (κ1) is 9.43. The van der Waals surface area contributed by atoms with E-state index in [2.05, 4.69) is 0 Å². The van der Waals surface area contributed by atoms with Crippen molar-refractivity contribution in [3.63, 3.8) is 0 Å². The molecule has 0 amide bonds. The van der Waals surface area contributed by atoms with E-state index in [9.17, 15) is 9.18 Å². The molecule has 1 aromatic carbocycles. The van der Waals surface area contributed by atoms with Crippen molar-refractivity contribution >= 4 is 39.0 Å². The molecule has 0 saturated carbocycles. The fraction of sp³-hybridized carbons (Fsp3) is 0. The van der Waals surface area contributed by atoms with Gasteiger partial charge in [-0.1, -0.05) is 11.6 Å². The van der Waals surface area contributed by atoms with E-state index >= 15 is 0 Å². The number of fused-ring (bicyclic) bond motifs is 1. The molecule has 1 aromatic heterocycles. The second kappa shape index (κ2) is 3.22. The van der Waals surface area contributed by atoms with E-state index in [-0.39, 0.29) is 5.56 Å². The molecule has 2 nitrogen and oxygen atoms in total. The zero-order valence-corrected chi connectivity index (χ0v) is 8.32. The van der Waals surface area contributed by atoms with Gasteiger partial charge in [0, 0.05) is 5.02 Å². The van der Waals surface area contributed by atoms with E-state index in [0.717, 1.165) is 11.3 Å². The van der Waals surface area contributed by atoms with E-state index in [1.54, 1.807) is 6.07 Å². The van der Waals surface area contributed by atoms with Gasteiger partial charge in [-0.25, -0.2) is 4.79 Å². The molecular formula is C9H4ClFO2S. The van der Waals surface area contributed by atoms with Gasteiger partial charge in [-0.2, -0.15) is 4.39 Å². The van der Waals surface area contributed by atoms with Crippen molar-refractivity contribution in [2.75, 3.05) is 0 Å². The lowest BCUT2D eigenvalue weighted by molar-refractivity contribution is 0.0699. The minimum absolute atomic E-state index is 0.0430. The lowest BCUT2D eigenvalue weighted by atomic mass is 10.2. The van der Waals surface area contributed by atoms with Gasteiger partial charge >= 0.3 is 5.97 Å². The number of rotatable bonds is 1. The van der Waals surface area contributed by atoms with Gasteiger partial charge in [0.15, 0.2) is 5.13 Å². The van der Waals surface area contributed by atoms with Crippen molar-refractivity contribution in [2.24, 2.45) is 0 Å². The highest BCUT2D eigenvalue weighted by Crippen LogP contribution is 2.30. The Morgan fingerprint density at radius 3 is 2.79 bits per heavy atom. The van der Waals surface area contributed by atoms with Gasteiger partial charge in [0.05, 0.1) is 10.3 Å². The summed E-state index contributed by atoms with van der Waals surface area (Å²) in [6.45, 7) is 0. The Balaban J connectivity index is 2.85. The standard InChI is InChI=1S/C9H4ClFO2S/c10-5-1-4-2-7(11)14-8(4)6(3-5)9(12)13/h1-3H,(H,12,13). The summed E-state index contributed by atoms with van der Waals surface area (Å²) >= 11 is 6.51. The highest BCUT2D eigenvalue weighted by atomic mass is 35.5. The number of carboxylic acid groups (broad SMARTS) is 1. The fourth-order valence-corrected chi connectivity index (χ4v) is 2.34.